The molecule has 0 spiro atoms. The number of benzene rings is 2. The van der Waals surface area contributed by atoms with Gasteiger partial charge in [-0.05, 0) is 63.1 Å². The third-order valence-electron chi connectivity index (χ3n) is 4.65. The van der Waals surface area contributed by atoms with Crippen LogP contribution in [0.4, 0.5) is 5.69 Å². The molecule has 6 heteroatoms. The molecule has 0 aliphatic carbocycles. The average Bonchev–Trinajstić information content (AvgIpc) is 3.04. The molecule has 0 aliphatic heterocycles. The molecule has 1 amide bonds. The van der Waals surface area contributed by atoms with Crippen molar-refractivity contribution in [3.05, 3.63) is 47.8 Å². The topological polar surface area (TPSA) is 65.4 Å². The minimum atomic E-state index is -0.0831. The van der Waals surface area contributed by atoms with Crippen LogP contribution in [0.15, 0.2) is 36.7 Å². The lowest BCUT2D eigenvalue weighted by atomic mass is 10.1. The first-order valence-electron chi connectivity index (χ1n) is 9.63. The van der Waals surface area contributed by atoms with Gasteiger partial charge in [-0.3, -0.25) is 4.79 Å². The van der Waals surface area contributed by atoms with Crippen LogP contribution < -0.4 is 14.8 Å². The third kappa shape index (κ3) is 4.44. The fourth-order valence-electron chi connectivity index (χ4n) is 3.07. The van der Waals surface area contributed by atoms with Gasteiger partial charge >= 0.3 is 0 Å². The Morgan fingerprint density at radius 3 is 2.57 bits per heavy atom. The number of ether oxygens (including phenoxy) is 2. The Labute approximate surface area is 165 Å². The Morgan fingerprint density at radius 2 is 1.82 bits per heavy atom. The zero-order valence-corrected chi connectivity index (χ0v) is 16.9. The van der Waals surface area contributed by atoms with E-state index in [-0.39, 0.29) is 5.91 Å². The highest BCUT2D eigenvalue weighted by Gasteiger charge is 2.11. The van der Waals surface area contributed by atoms with Crippen molar-refractivity contribution in [2.45, 2.75) is 40.7 Å². The van der Waals surface area contributed by atoms with E-state index in [1.807, 2.05) is 30.5 Å². The maximum atomic E-state index is 12.5. The number of anilines is 1. The van der Waals surface area contributed by atoms with Crippen molar-refractivity contribution in [3.63, 3.8) is 0 Å². The molecule has 3 rings (SSSR count). The molecule has 3 aromatic rings. The second-order valence-electron chi connectivity index (χ2n) is 6.69. The minimum absolute atomic E-state index is 0.0831. The summed E-state index contributed by atoms with van der Waals surface area (Å²) in [5.41, 5.74) is 5.05. The molecule has 0 unspecified atom stereocenters. The molecule has 1 heterocycles. The van der Waals surface area contributed by atoms with Gasteiger partial charge in [0.05, 0.1) is 36.3 Å². The summed E-state index contributed by atoms with van der Waals surface area (Å²) < 4.78 is 13.2. The smallest absolute Gasteiger partial charge is 0.226 e. The van der Waals surface area contributed by atoms with E-state index < -0.39 is 0 Å². The number of nitrogens with one attached hydrogen (secondary N) is 1. The van der Waals surface area contributed by atoms with Gasteiger partial charge in [0.15, 0.2) is 0 Å². The summed E-state index contributed by atoms with van der Waals surface area (Å²) in [6, 6.07) is 9.65. The summed E-state index contributed by atoms with van der Waals surface area (Å²) in [4.78, 5) is 17.0. The second-order valence-corrected chi connectivity index (χ2v) is 6.69. The van der Waals surface area contributed by atoms with Crippen molar-refractivity contribution in [2.24, 2.45) is 0 Å². The van der Waals surface area contributed by atoms with Gasteiger partial charge in [-0.2, -0.15) is 0 Å². The van der Waals surface area contributed by atoms with Crippen molar-refractivity contribution < 1.29 is 14.3 Å². The highest BCUT2D eigenvalue weighted by Crippen LogP contribution is 2.29. The molecule has 148 valence electrons. The van der Waals surface area contributed by atoms with E-state index in [9.17, 15) is 4.79 Å². The first-order valence-corrected chi connectivity index (χ1v) is 9.63. The number of hydrogen-bond donors (Lipinski definition) is 1. The molecule has 6 nitrogen and oxygen atoms in total. The summed E-state index contributed by atoms with van der Waals surface area (Å²) in [6.45, 7) is 9.64. The van der Waals surface area contributed by atoms with Crippen LogP contribution >= 0.6 is 0 Å². The van der Waals surface area contributed by atoms with E-state index >= 15 is 0 Å². The van der Waals surface area contributed by atoms with Crippen LogP contribution in [0.25, 0.3) is 11.0 Å². The number of carbonyl (C=O) groups excluding carboxylic acids is 1. The number of carbonyl (C=O) groups is 1. The van der Waals surface area contributed by atoms with Crippen LogP contribution in [-0.2, 0) is 11.3 Å². The molecule has 0 bridgehead atoms. The number of imidazole rings is 1. The first-order chi connectivity index (χ1) is 13.5. The number of aryl methyl sites for hydroxylation is 3. The lowest BCUT2D eigenvalue weighted by Crippen LogP contribution is -2.15. The van der Waals surface area contributed by atoms with E-state index in [0.29, 0.717) is 43.4 Å². The van der Waals surface area contributed by atoms with Crippen molar-refractivity contribution >= 4 is 22.6 Å². The van der Waals surface area contributed by atoms with E-state index in [4.69, 9.17) is 9.47 Å². The van der Waals surface area contributed by atoms with Crippen molar-refractivity contribution in [3.8, 4) is 11.5 Å². The normalized spacial score (nSPS) is 10.9. The summed E-state index contributed by atoms with van der Waals surface area (Å²) >= 11 is 0. The van der Waals surface area contributed by atoms with Crippen LogP contribution in [-0.4, -0.2) is 28.7 Å². The molecule has 0 aliphatic rings. The number of fused-ring (bicyclic) bond motifs is 1. The maximum absolute atomic E-state index is 12.5. The molecule has 0 fully saturated rings. The molecule has 2 aromatic carbocycles. The van der Waals surface area contributed by atoms with Gasteiger partial charge in [0, 0.05) is 19.0 Å². The van der Waals surface area contributed by atoms with Gasteiger partial charge in [0.25, 0.3) is 0 Å². The van der Waals surface area contributed by atoms with E-state index in [0.717, 1.165) is 11.0 Å². The van der Waals surface area contributed by atoms with Crippen molar-refractivity contribution in [2.75, 3.05) is 18.5 Å². The molecule has 0 radical (unpaired) electrons. The van der Waals surface area contributed by atoms with Crippen molar-refractivity contribution in [1.82, 2.24) is 9.55 Å². The zero-order valence-electron chi connectivity index (χ0n) is 16.9. The van der Waals surface area contributed by atoms with Gasteiger partial charge in [-0.1, -0.05) is 0 Å². The van der Waals surface area contributed by atoms with Crippen LogP contribution in [0.1, 0.15) is 31.4 Å². The number of aromatic nitrogens is 2. The Bertz CT molecular complexity index is 979. The summed E-state index contributed by atoms with van der Waals surface area (Å²) in [6.07, 6.45) is 2.13. The van der Waals surface area contributed by atoms with Crippen molar-refractivity contribution in [1.29, 1.82) is 0 Å². The number of amides is 1. The molecule has 28 heavy (non-hydrogen) atoms. The first kappa shape index (κ1) is 19.7. The van der Waals surface area contributed by atoms with Crippen LogP contribution in [0.2, 0.25) is 0 Å². The Balaban J connectivity index is 1.71. The van der Waals surface area contributed by atoms with E-state index in [1.54, 1.807) is 12.4 Å². The second kappa shape index (κ2) is 8.78. The van der Waals surface area contributed by atoms with Crippen LogP contribution in [0.3, 0.4) is 0 Å². The van der Waals surface area contributed by atoms with E-state index in [2.05, 4.69) is 36.3 Å². The Hall–Kier alpha value is -3.02. The van der Waals surface area contributed by atoms with E-state index in [1.165, 1.54) is 11.1 Å². The summed E-state index contributed by atoms with van der Waals surface area (Å²) in [5, 5.41) is 2.95. The van der Waals surface area contributed by atoms with Crippen LogP contribution in [0, 0.1) is 13.8 Å². The molecule has 0 atom stereocenters. The Kier molecular flexibility index (Phi) is 6.19. The molecular weight excluding hydrogens is 354 g/mol. The van der Waals surface area contributed by atoms with Gasteiger partial charge < -0.3 is 19.4 Å². The molecule has 1 N–H and O–H groups in total. The number of nitrogens with zero attached hydrogens (tertiary/aromatic N) is 2. The fourth-order valence-corrected chi connectivity index (χ4v) is 3.07. The van der Waals surface area contributed by atoms with Gasteiger partial charge in [0.2, 0.25) is 5.91 Å². The summed E-state index contributed by atoms with van der Waals surface area (Å²) in [5.74, 6) is 1.26. The third-order valence-corrected chi connectivity index (χ3v) is 4.65. The predicted octanol–water partition coefficient (Wildman–Crippen LogP) is 4.48. The molecular formula is C22H27N3O3. The molecule has 1 aromatic heterocycles. The standard InChI is InChI=1S/C22H27N3O3/c1-5-27-17-7-8-21(28-6-2)19(13-17)24-22(26)9-10-25-14-23-18-11-15(3)16(4)12-20(18)25/h7-8,11-14H,5-6,9-10H2,1-4H3,(H,24,26). The SMILES string of the molecule is CCOc1ccc(OCC)c(NC(=O)CCn2cnc3cc(C)c(C)cc32)c1. The molecule has 0 saturated carbocycles. The van der Waals surface area contributed by atoms with Gasteiger partial charge in [-0.15, -0.1) is 0 Å². The highest BCUT2D eigenvalue weighted by molar-refractivity contribution is 5.92. The quantitative estimate of drug-likeness (QED) is 0.625. The monoisotopic (exact) mass is 381 g/mol. The Morgan fingerprint density at radius 1 is 1.07 bits per heavy atom. The predicted molar refractivity (Wildman–Crippen MR) is 111 cm³/mol. The van der Waals surface area contributed by atoms with Gasteiger partial charge in [0.1, 0.15) is 11.5 Å². The average molecular weight is 381 g/mol. The van der Waals surface area contributed by atoms with Gasteiger partial charge in [-0.25, -0.2) is 4.98 Å². The molecule has 0 saturated heterocycles. The largest absolute Gasteiger partial charge is 0.494 e. The van der Waals surface area contributed by atoms with Crippen LogP contribution in [0.5, 0.6) is 11.5 Å². The number of rotatable bonds is 8. The fraction of sp³-hybridized carbons (Fsp3) is 0.364. The summed E-state index contributed by atoms with van der Waals surface area (Å²) in [7, 11) is 0. The minimum Gasteiger partial charge on any atom is -0.494 e. The lowest BCUT2D eigenvalue weighted by molar-refractivity contribution is -0.116. The lowest BCUT2D eigenvalue weighted by Gasteiger charge is -2.14. The maximum Gasteiger partial charge on any atom is 0.226 e. The number of hydrogen-bond acceptors (Lipinski definition) is 4. The zero-order chi connectivity index (χ0) is 20.1. The highest BCUT2D eigenvalue weighted by atomic mass is 16.5.